The first-order valence-corrected chi connectivity index (χ1v) is 18.4. The smallest absolute Gasteiger partial charge is 0.305 e. The summed E-state index contributed by atoms with van der Waals surface area (Å²) in [4.78, 5) is 11.9. The highest BCUT2D eigenvalue weighted by atomic mass is 16.6. The molecule has 0 aliphatic carbocycles. The Labute approximate surface area is 257 Å². The zero-order chi connectivity index (χ0) is 29.7. The Hall–Kier alpha value is -1.25. The fourth-order valence-corrected chi connectivity index (χ4v) is 5.28. The van der Waals surface area contributed by atoms with E-state index in [0.717, 1.165) is 19.3 Å². The van der Waals surface area contributed by atoms with Gasteiger partial charge in [-0.2, -0.15) is 0 Å². The fraction of sp³-hybridized carbons (Fsp3) is 0.868. The van der Waals surface area contributed by atoms with Crippen molar-refractivity contribution in [1.82, 2.24) is 0 Å². The predicted molar refractivity (Wildman–Crippen MR) is 180 cm³/mol. The molecule has 0 aliphatic heterocycles. The van der Waals surface area contributed by atoms with Gasteiger partial charge in [0.15, 0.2) is 0 Å². The summed E-state index contributed by atoms with van der Waals surface area (Å²) < 4.78 is 10.8. The maximum absolute atomic E-state index is 11.9. The standard InChI is InChI=1S/C38H72O3/c1-3-5-7-9-11-13-15-17-19-21-23-25-27-29-31-33-35-40-36-37-41-38(39)34-32-30-28-26-24-22-20-18-16-14-12-10-8-6-4-2/h17,19,33,35H,3-16,18,20-32,34,36-37H2,1-2H3. The fourth-order valence-electron chi connectivity index (χ4n) is 5.28. The monoisotopic (exact) mass is 577 g/mol. The number of rotatable bonds is 34. The van der Waals surface area contributed by atoms with Gasteiger partial charge in [0.1, 0.15) is 13.2 Å². The average Bonchev–Trinajstić information content (AvgIpc) is 2.98. The molecule has 0 saturated heterocycles. The van der Waals surface area contributed by atoms with Gasteiger partial charge in [-0.3, -0.25) is 4.79 Å². The van der Waals surface area contributed by atoms with E-state index in [1.165, 1.54) is 161 Å². The Bertz CT molecular complexity index is 554. The van der Waals surface area contributed by atoms with Gasteiger partial charge in [0.2, 0.25) is 0 Å². The molecule has 0 saturated carbocycles. The van der Waals surface area contributed by atoms with Gasteiger partial charge in [-0.1, -0.05) is 161 Å². The molecule has 0 unspecified atom stereocenters. The van der Waals surface area contributed by atoms with Gasteiger partial charge in [-0.15, -0.1) is 0 Å². The van der Waals surface area contributed by atoms with Crippen LogP contribution in [0.2, 0.25) is 0 Å². The molecule has 41 heavy (non-hydrogen) atoms. The quantitative estimate of drug-likeness (QED) is 0.0331. The molecule has 0 radical (unpaired) electrons. The van der Waals surface area contributed by atoms with Crippen molar-refractivity contribution in [3.63, 3.8) is 0 Å². The van der Waals surface area contributed by atoms with Crippen LogP contribution in [0.25, 0.3) is 0 Å². The summed E-state index contributed by atoms with van der Waals surface area (Å²) in [5, 5.41) is 0. The van der Waals surface area contributed by atoms with E-state index in [2.05, 4.69) is 32.1 Å². The highest BCUT2D eigenvalue weighted by Crippen LogP contribution is 2.14. The number of ether oxygens (including phenoxy) is 2. The minimum atomic E-state index is -0.0791. The maximum atomic E-state index is 11.9. The number of hydrogen-bond acceptors (Lipinski definition) is 3. The lowest BCUT2D eigenvalue weighted by Crippen LogP contribution is -2.09. The highest BCUT2D eigenvalue weighted by molar-refractivity contribution is 5.69. The number of allylic oxidation sites excluding steroid dienone is 3. The zero-order valence-electron chi connectivity index (χ0n) is 28.0. The molecule has 0 fully saturated rings. The first kappa shape index (κ1) is 39.8. The number of carbonyl (C=O) groups is 1. The molecule has 0 aromatic carbocycles. The van der Waals surface area contributed by atoms with Gasteiger partial charge in [0, 0.05) is 6.42 Å². The third-order valence-corrected chi connectivity index (χ3v) is 8.02. The molecular formula is C38H72O3. The molecule has 0 N–H and O–H groups in total. The first-order chi connectivity index (χ1) is 20.3. The predicted octanol–water partition coefficient (Wildman–Crippen LogP) is 13.0. The molecule has 0 heterocycles. The molecular weight excluding hydrogens is 504 g/mol. The van der Waals surface area contributed by atoms with Crippen LogP contribution < -0.4 is 0 Å². The molecule has 0 bridgehead atoms. The number of carbonyl (C=O) groups excluding carboxylic acids is 1. The van der Waals surface area contributed by atoms with Crippen LogP contribution in [0.4, 0.5) is 0 Å². The van der Waals surface area contributed by atoms with E-state index in [1.807, 2.05) is 0 Å². The van der Waals surface area contributed by atoms with Crippen LogP contribution in [0.3, 0.4) is 0 Å². The van der Waals surface area contributed by atoms with Crippen molar-refractivity contribution in [2.45, 2.75) is 200 Å². The van der Waals surface area contributed by atoms with Crippen molar-refractivity contribution in [2.24, 2.45) is 0 Å². The molecule has 0 spiro atoms. The minimum Gasteiger partial charge on any atom is -0.498 e. The van der Waals surface area contributed by atoms with E-state index in [1.54, 1.807) is 6.26 Å². The van der Waals surface area contributed by atoms with Crippen LogP contribution in [0.1, 0.15) is 200 Å². The molecule has 0 aliphatic rings. The van der Waals surface area contributed by atoms with Crippen molar-refractivity contribution in [3.8, 4) is 0 Å². The number of hydrogen-bond donors (Lipinski definition) is 0. The lowest BCUT2D eigenvalue weighted by molar-refractivity contribution is -0.144. The summed E-state index contributed by atoms with van der Waals surface area (Å²) in [7, 11) is 0. The van der Waals surface area contributed by atoms with Crippen LogP contribution in [-0.2, 0) is 14.3 Å². The lowest BCUT2D eigenvalue weighted by atomic mass is 10.0. The largest absolute Gasteiger partial charge is 0.498 e. The second-order valence-electron chi connectivity index (χ2n) is 12.2. The van der Waals surface area contributed by atoms with Crippen LogP contribution in [0.5, 0.6) is 0 Å². The number of esters is 1. The Morgan fingerprint density at radius 2 is 0.805 bits per heavy atom. The molecule has 3 heteroatoms. The summed E-state index contributed by atoms with van der Waals surface area (Å²) in [6, 6.07) is 0. The van der Waals surface area contributed by atoms with Crippen molar-refractivity contribution < 1.29 is 14.3 Å². The molecule has 3 nitrogen and oxygen atoms in total. The molecule has 0 aromatic rings. The van der Waals surface area contributed by atoms with Crippen LogP contribution >= 0.6 is 0 Å². The van der Waals surface area contributed by atoms with E-state index in [0.29, 0.717) is 19.6 Å². The SMILES string of the molecule is CCCCCCCCC=CCCCCCCC=COCCOC(=O)CCCCCCCCCCCCCCCCC. The number of unbranched alkanes of at least 4 members (excludes halogenated alkanes) is 25. The summed E-state index contributed by atoms with van der Waals surface area (Å²) in [6.45, 7) is 5.37. The van der Waals surface area contributed by atoms with Gasteiger partial charge < -0.3 is 9.47 Å². The summed E-state index contributed by atoms with van der Waals surface area (Å²) in [5.41, 5.74) is 0. The van der Waals surface area contributed by atoms with Crippen molar-refractivity contribution in [1.29, 1.82) is 0 Å². The normalized spacial score (nSPS) is 11.7. The van der Waals surface area contributed by atoms with E-state index in [9.17, 15) is 4.79 Å². The lowest BCUT2D eigenvalue weighted by Gasteiger charge is -2.05. The molecule has 242 valence electrons. The minimum absolute atomic E-state index is 0.0791. The second kappa shape index (κ2) is 36.8. The van der Waals surface area contributed by atoms with Crippen LogP contribution in [-0.4, -0.2) is 19.2 Å². The maximum Gasteiger partial charge on any atom is 0.305 e. The molecule has 0 aromatic heterocycles. The van der Waals surface area contributed by atoms with E-state index in [-0.39, 0.29) is 5.97 Å². The van der Waals surface area contributed by atoms with E-state index in [4.69, 9.17) is 9.47 Å². The van der Waals surface area contributed by atoms with Crippen LogP contribution in [0.15, 0.2) is 24.5 Å². The van der Waals surface area contributed by atoms with E-state index < -0.39 is 0 Å². The van der Waals surface area contributed by atoms with Crippen molar-refractivity contribution >= 4 is 5.97 Å². The van der Waals surface area contributed by atoms with E-state index >= 15 is 0 Å². The summed E-state index contributed by atoms with van der Waals surface area (Å²) in [5.74, 6) is -0.0791. The average molecular weight is 577 g/mol. The molecule has 0 rings (SSSR count). The summed E-state index contributed by atoms with van der Waals surface area (Å²) >= 11 is 0. The van der Waals surface area contributed by atoms with Crippen LogP contribution in [0, 0.1) is 0 Å². The highest BCUT2D eigenvalue weighted by Gasteiger charge is 2.02. The topological polar surface area (TPSA) is 35.5 Å². The third-order valence-electron chi connectivity index (χ3n) is 8.02. The van der Waals surface area contributed by atoms with Gasteiger partial charge >= 0.3 is 5.97 Å². The molecule has 0 atom stereocenters. The van der Waals surface area contributed by atoms with Gasteiger partial charge in [-0.25, -0.2) is 0 Å². The Morgan fingerprint density at radius 3 is 1.24 bits per heavy atom. The molecule has 0 amide bonds. The Kier molecular flexibility index (Phi) is 35.7. The van der Waals surface area contributed by atoms with Crippen molar-refractivity contribution in [2.75, 3.05) is 13.2 Å². The van der Waals surface area contributed by atoms with Gasteiger partial charge in [0.25, 0.3) is 0 Å². The third kappa shape index (κ3) is 36.7. The Balaban J connectivity index is 3.24. The van der Waals surface area contributed by atoms with Gasteiger partial charge in [-0.05, 0) is 51.0 Å². The first-order valence-electron chi connectivity index (χ1n) is 18.4. The second-order valence-corrected chi connectivity index (χ2v) is 12.2. The summed E-state index contributed by atoms with van der Waals surface area (Å²) in [6.07, 6.45) is 46.3. The van der Waals surface area contributed by atoms with Crippen molar-refractivity contribution in [3.05, 3.63) is 24.5 Å². The van der Waals surface area contributed by atoms with Gasteiger partial charge in [0.05, 0.1) is 6.26 Å². The zero-order valence-corrected chi connectivity index (χ0v) is 28.0. The Morgan fingerprint density at radius 1 is 0.439 bits per heavy atom.